The SMILES string of the molecule is CCOC(CNc1ccncc1S(N)(=O)=O)OCC. The molecule has 0 aromatic carbocycles. The van der Waals surface area contributed by atoms with Gasteiger partial charge in [-0.15, -0.1) is 0 Å². The molecule has 0 atom stereocenters. The van der Waals surface area contributed by atoms with Gasteiger partial charge in [0.05, 0.1) is 12.2 Å². The van der Waals surface area contributed by atoms with Gasteiger partial charge in [0.2, 0.25) is 10.0 Å². The van der Waals surface area contributed by atoms with Crippen LogP contribution < -0.4 is 10.5 Å². The molecule has 7 nitrogen and oxygen atoms in total. The largest absolute Gasteiger partial charge is 0.379 e. The number of nitrogens with zero attached hydrogens (tertiary/aromatic N) is 1. The van der Waals surface area contributed by atoms with Crippen molar-refractivity contribution in [1.82, 2.24) is 4.98 Å². The highest BCUT2D eigenvalue weighted by atomic mass is 32.2. The Labute approximate surface area is 113 Å². The topological polar surface area (TPSA) is 104 Å². The van der Waals surface area contributed by atoms with E-state index in [1.807, 2.05) is 13.8 Å². The zero-order valence-electron chi connectivity index (χ0n) is 11.0. The summed E-state index contributed by atoms with van der Waals surface area (Å²) < 4.78 is 33.5. The molecule has 108 valence electrons. The Kier molecular flexibility index (Phi) is 6.16. The number of primary sulfonamides is 1. The Morgan fingerprint density at radius 1 is 1.37 bits per heavy atom. The molecule has 0 aliphatic carbocycles. The first-order chi connectivity index (χ1) is 8.99. The van der Waals surface area contributed by atoms with Gasteiger partial charge in [-0.1, -0.05) is 0 Å². The molecule has 0 unspecified atom stereocenters. The number of rotatable bonds is 8. The third-order valence-corrected chi connectivity index (χ3v) is 3.19. The first kappa shape index (κ1) is 15.8. The summed E-state index contributed by atoms with van der Waals surface area (Å²) in [4.78, 5) is 3.70. The Morgan fingerprint density at radius 3 is 2.53 bits per heavy atom. The molecule has 19 heavy (non-hydrogen) atoms. The van der Waals surface area contributed by atoms with Gasteiger partial charge < -0.3 is 14.8 Å². The van der Waals surface area contributed by atoms with Crippen molar-refractivity contribution in [2.75, 3.05) is 25.1 Å². The Hall–Kier alpha value is -1.22. The van der Waals surface area contributed by atoms with Crippen LogP contribution in [0.2, 0.25) is 0 Å². The molecule has 0 aliphatic rings. The molecule has 1 heterocycles. The van der Waals surface area contributed by atoms with Crippen molar-refractivity contribution in [3.8, 4) is 0 Å². The predicted octanol–water partition coefficient (Wildman–Crippen LogP) is 0.540. The fourth-order valence-corrected chi connectivity index (χ4v) is 2.14. The highest BCUT2D eigenvalue weighted by Gasteiger charge is 2.15. The van der Waals surface area contributed by atoms with E-state index in [1.54, 1.807) is 0 Å². The molecule has 0 bridgehead atoms. The predicted molar refractivity (Wildman–Crippen MR) is 71.1 cm³/mol. The van der Waals surface area contributed by atoms with Crippen LogP contribution in [0.25, 0.3) is 0 Å². The molecule has 8 heteroatoms. The van der Waals surface area contributed by atoms with Crippen LogP contribution >= 0.6 is 0 Å². The molecule has 0 fully saturated rings. The molecule has 0 amide bonds. The van der Waals surface area contributed by atoms with Gasteiger partial charge in [0, 0.05) is 25.6 Å². The minimum absolute atomic E-state index is 0.0539. The number of aromatic nitrogens is 1. The van der Waals surface area contributed by atoms with E-state index in [-0.39, 0.29) is 4.90 Å². The van der Waals surface area contributed by atoms with E-state index in [9.17, 15) is 8.42 Å². The molecule has 3 N–H and O–H groups in total. The van der Waals surface area contributed by atoms with Crippen LogP contribution in [0.15, 0.2) is 23.4 Å². The van der Waals surface area contributed by atoms with Crippen molar-refractivity contribution in [1.29, 1.82) is 0 Å². The second-order valence-corrected chi connectivity index (χ2v) is 5.17. The molecule has 0 spiro atoms. The molecule has 0 saturated carbocycles. The van der Waals surface area contributed by atoms with E-state index in [2.05, 4.69) is 10.3 Å². The third-order valence-electron chi connectivity index (χ3n) is 2.26. The van der Waals surface area contributed by atoms with Gasteiger partial charge in [0.1, 0.15) is 4.90 Å². The monoisotopic (exact) mass is 289 g/mol. The maximum Gasteiger partial charge on any atom is 0.241 e. The van der Waals surface area contributed by atoms with Crippen molar-refractivity contribution < 1.29 is 17.9 Å². The van der Waals surface area contributed by atoms with Crippen molar-refractivity contribution in [3.63, 3.8) is 0 Å². The summed E-state index contributed by atoms with van der Waals surface area (Å²) in [5, 5.41) is 8.05. The van der Waals surface area contributed by atoms with Crippen molar-refractivity contribution in [3.05, 3.63) is 18.5 Å². The average Bonchev–Trinajstić information content (AvgIpc) is 2.36. The fraction of sp³-hybridized carbons (Fsp3) is 0.545. The number of anilines is 1. The lowest BCUT2D eigenvalue weighted by molar-refractivity contribution is -0.126. The van der Waals surface area contributed by atoms with E-state index < -0.39 is 16.3 Å². The molecular weight excluding hydrogens is 270 g/mol. The first-order valence-corrected chi connectivity index (χ1v) is 7.47. The molecule has 0 radical (unpaired) electrons. The van der Waals surface area contributed by atoms with Gasteiger partial charge >= 0.3 is 0 Å². The number of hydrogen-bond donors (Lipinski definition) is 2. The number of hydrogen-bond acceptors (Lipinski definition) is 6. The molecule has 1 rings (SSSR count). The lowest BCUT2D eigenvalue weighted by Gasteiger charge is -2.18. The standard InChI is InChI=1S/C11H19N3O4S/c1-3-17-11(18-4-2)8-14-9-5-6-13-7-10(9)19(12,15)16/h5-7,11H,3-4,8H2,1-2H3,(H,13,14)(H2,12,15,16). The van der Waals surface area contributed by atoms with Gasteiger partial charge in [0.15, 0.2) is 6.29 Å². The van der Waals surface area contributed by atoms with Crippen molar-refractivity contribution >= 4 is 15.7 Å². The first-order valence-electron chi connectivity index (χ1n) is 5.93. The number of sulfonamides is 1. The summed E-state index contributed by atoms with van der Waals surface area (Å²) in [6.07, 6.45) is 2.23. The zero-order chi connectivity index (χ0) is 14.3. The summed E-state index contributed by atoms with van der Waals surface area (Å²) in [6, 6.07) is 1.54. The molecule has 0 aliphatic heterocycles. The van der Waals surface area contributed by atoms with Crippen LogP contribution in [-0.4, -0.2) is 39.5 Å². The van der Waals surface area contributed by atoms with E-state index in [4.69, 9.17) is 14.6 Å². The van der Waals surface area contributed by atoms with Crippen molar-refractivity contribution in [2.24, 2.45) is 5.14 Å². The highest BCUT2D eigenvalue weighted by Crippen LogP contribution is 2.18. The Bertz CT molecular complexity index is 486. The minimum Gasteiger partial charge on any atom is -0.379 e. The van der Waals surface area contributed by atoms with Gasteiger partial charge in [-0.2, -0.15) is 0 Å². The van der Waals surface area contributed by atoms with E-state index in [0.717, 1.165) is 0 Å². The third kappa shape index (κ3) is 5.11. The van der Waals surface area contributed by atoms with Gasteiger partial charge in [0.25, 0.3) is 0 Å². The lowest BCUT2D eigenvalue weighted by Crippen LogP contribution is -2.27. The maximum atomic E-state index is 11.4. The van der Waals surface area contributed by atoms with E-state index in [1.165, 1.54) is 18.5 Å². The number of pyridine rings is 1. The quantitative estimate of drug-likeness (QED) is 0.677. The van der Waals surface area contributed by atoms with Gasteiger partial charge in [-0.3, -0.25) is 4.98 Å². The summed E-state index contributed by atoms with van der Waals surface area (Å²) in [6.45, 7) is 5.03. The molecule has 1 aromatic rings. The summed E-state index contributed by atoms with van der Waals surface area (Å²) in [5.74, 6) is 0. The van der Waals surface area contributed by atoms with Crippen LogP contribution in [0.4, 0.5) is 5.69 Å². The smallest absolute Gasteiger partial charge is 0.241 e. The minimum atomic E-state index is -3.81. The van der Waals surface area contributed by atoms with Crippen LogP contribution in [0.5, 0.6) is 0 Å². The molecule has 1 aromatic heterocycles. The van der Waals surface area contributed by atoms with Crippen LogP contribution in [0.3, 0.4) is 0 Å². The summed E-state index contributed by atoms with van der Waals surface area (Å²) >= 11 is 0. The van der Waals surface area contributed by atoms with Crippen LogP contribution in [-0.2, 0) is 19.5 Å². The molecule has 0 saturated heterocycles. The molecular formula is C11H19N3O4S. The van der Waals surface area contributed by atoms with E-state index >= 15 is 0 Å². The number of nitrogens with two attached hydrogens (primary N) is 1. The van der Waals surface area contributed by atoms with Gasteiger partial charge in [-0.25, -0.2) is 13.6 Å². The lowest BCUT2D eigenvalue weighted by atomic mass is 10.4. The Morgan fingerprint density at radius 2 is 2.00 bits per heavy atom. The zero-order valence-corrected chi connectivity index (χ0v) is 11.8. The average molecular weight is 289 g/mol. The van der Waals surface area contributed by atoms with Crippen molar-refractivity contribution in [2.45, 2.75) is 25.0 Å². The van der Waals surface area contributed by atoms with Crippen LogP contribution in [0.1, 0.15) is 13.8 Å². The normalized spacial score (nSPS) is 11.8. The number of nitrogens with one attached hydrogen (secondary N) is 1. The van der Waals surface area contributed by atoms with Gasteiger partial charge in [-0.05, 0) is 19.9 Å². The fourth-order valence-electron chi connectivity index (χ4n) is 1.48. The van der Waals surface area contributed by atoms with E-state index in [0.29, 0.717) is 25.4 Å². The second-order valence-electron chi connectivity index (χ2n) is 3.64. The maximum absolute atomic E-state index is 11.4. The summed E-state index contributed by atoms with van der Waals surface area (Å²) in [7, 11) is -3.81. The summed E-state index contributed by atoms with van der Waals surface area (Å²) in [5.41, 5.74) is 0.377. The second kappa shape index (κ2) is 7.39. The van der Waals surface area contributed by atoms with Crippen LogP contribution in [0, 0.1) is 0 Å². The Balaban J connectivity index is 2.77. The highest BCUT2D eigenvalue weighted by molar-refractivity contribution is 7.89. The number of ether oxygens (including phenoxy) is 2.